The Labute approximate surface area is 198 Å². The highest BCUT2D eigenvalue weighted by Crippen LogP contribution is 2.27. The first-order valence-electron chi connectivity index (χ1n) is 10.8. The van der Waals surface area contributed by atoms with Crippen LogP contribution in [-0.4, -0.2) is 60.4 Å². The maximum atomic E-state index is 13.5. The highest BCUT2D eigenvalue weighted by Gasteiger charge is 2.42. The summed E-state index contributed by atoms with van der Waals surface area (Å²) in [7, 11) is 0. The Balaban J connectivity index is 2.10. The van der Waals surface area contributed by atoms with E-state index >= 15 is 0 Å². The Kier molecular flexibility index (Phi) is 9.07. The predicted molar refractivity (Wildman–Crippen MR) is 124 cm³/mol. The minimum atomic E-state index is -0.887. The van der Waals surface area contributed by atoms with Crippen LogP contribution < -0.4 is 21.9 Å². The number of esters is 1. The summed E-state index contributed by atoms with van der Waals surface area (Å²) in [6.07, 6.45) is 1.11. The largest absolute Gasteiger partial charge is 0.465 e. The summed E-state index contributed by atoms with van der Waals surface area (Å²) in [5.41, 5.74) is 10.7. The van der Waals surface area contributed by atoms with Gasteiger partial charge in [-0.2, -0.15) is 0 Å². The molecule has 0 aliphatic carbocycles. The topological polar surface area (TPSA) is 143 Å². The van der Waals surface area contributed by atoms with E-state index in [1.165, 1.54) is 23.1 Å². The Morgan fingerprint density at radius 3 is 2.58 bits per heavy atom. The SMILES string of the molecule is CCOC(=O)CNNC(=O)C1CCCN1C(=O)[C@@H](NC(=O)c1ccc(N)c(Cl)c1)C(C)(C)C. The summed E-state index contributed by atoms with van der Waals surface area (Å²) in [5.74, 6) is -1.77. The first kappa shape index (κ1) is 26.4. The highest BCUT2D eigenvalue weighted by atomic mass is 35.5. The number of anilines is 1. The zero-order valence-corrected chi connectivity index (χ0v) is 20.1. The molecule has 1 fully saturated rings. The fraction of sp³-hybridized carbons (Fsp3) is 0.545. The van der Waals surface area contributed by atoms with E-state index in [0.717, 1.165) is 0 Å². The van der Waals surface area contributed by atoms with Gasteiger partial charge in [0.2, 0.25) is 5.91 Å². The van der Waals surface area contributed by atoms with E-state index < -0.39 is 35.3 Å². The average Bonchev–Trinajstić information content (AvgIpc) is 3.22. The number of hydrogen-bond acceptors (Lipinski definition) is 7. The Morgan fingerprint density at radius 1 is 1.27 bits per heavy atom. The summed E-state index contributed by atoms with van der Waals surface area (Å²) in [6.45, 7) is 7.61. The molecule has 1 aliphatic heterocycles. The van der Waals surface area contributed by atoms with Crippen LogP contribution in [0, 0.1) is 5.41 Å². The van der Waals surface area contributed by atoms with Crippen LogP contribution in [0.15, 0.2) is 18.2 Å². The number of carbonyl (C=O) groups is 4. The molecule has 5 N–H and O–H groups in total. The van der Waals surface area contributed by atoms with Crippen molar-refractivity contribution >= 4 is 41.0 Å². The van der Waals surface area contributed by atoms with Gasteiger partial charge < -0.3 is 20.7 Å². The highest BCUT2D eigenvalue weighted by molar-refractivity contribution is 6.33. The molecule has 0 saturated carbocycles. The van der Waals surface area contributed by atoms with Gasteiger partial charge in [0.25, 0.3) is 11.8 Å². The van der Waals surface area contributed by atoms with Crippen molar-refractivity contribution in [2.45, 2.75) is 52.6 Å². The predicted octanol–water partition coefficient (Wildman–Crippen LogP) is 1.24. The molecule has 0 bridgehead atoms. The number of rotatable bonds is 8. The maximum absolute atomic E-state index is 13.5. The molecule has 1 unspecified atom stereocenters. The zero-order valence-electron chi connectivity index (χ0n) is 19.4. The lowest BCUT2D eigenvalue weighted by atomic mass is 9.85. The standard InChI is InChI=1S/C22H32ClN5O5/c1-5-33-17(29)12-25-27-20(31)16-7-6-10-28(16)21(32)18(22(2,3)4)26-19(30)13-8-9-15(24)14(23)11-13/h8-9,11,16,18,25H,5-7,10,12,24H2,1-4H3,(H,26,30)(H,27,31)/t16?,18-/m1/s1. The summed E-state index contributed by atoms with van der Waals surface area (Å²) < 4.78 is 4.79. The second-order valence-corrected chi connectivity index (χ2v) is 9.25. The molecule has 11 heteroatoms. The molecule has 10 nitrogen and oxygen atoms in total. The fourth-order valence-corrected chi connectivity index (χ4v) is 3.68. The molecule has 3 amide bonds. The average molecular weight is 482 g/mol. The number of halogens is 1. The van der Waals surface area contributed by atoms with E-state index in [1.54, 1.807) is 6.92 Å². The van der Waals surface area contributed by atoms with Gasteiger partial charge in [0.05, 0.1) is 17.3 Å². The molecule has 1 aromatic carbocycles. The molecule has 0 radical (unpaired) electrons. The molecule has 0 spiro atoms. The minimum absolute atomic E-state index is 0.189. The van der Waals surface area contributed by atoms with Crippen LogP contribution in [0.3, 0.4) is 0 Å². The number of benzene rings is 1. The number of nitrogens with zero attached hydrogens (tertiary/aromatic N) is 1. The summed E-state index contributed by atoms with van der Waals surface area (Å²) in [5, 5.41) is 3.03. The van der Waals surface area contributed by atoms with Crippen LogP contribution in [-0.2, 0) is 19.1 Å². The Morgan fingerprint density at radius 2 is 1.97 bits per heavy atom. The first-order chi connectivity index (χ1) is 15.5. The molecule has 2 rings (SSSR count). The zero-order chi connectivity index (χ0) is 24.8. The Bertz CT molecular complexity index is 902. The number of nitrogen functional groups attached to an aromatic ring is 1. The molecule has 1 heterocycles. The van der Waals surface area contributed by atoms with Crippen LogP contribution in [0.1, 0.15) is 50.9 Å². The van der Waals surface area contributed by atoms with Crippen LogP contribution >= 0.6 is 11.6 Å². The smallest absolute Gasteiger partial charge is 0.321 e. The lowest BCUT2D eigenvalue weighted by Gasteiger charge is -2.35. The lowest BCUT2D eigenvalue weighted by molar-refractivity contribution is -0.144. The monoisotopic (exact) mass is 481 g/mol. The minimum Gasteiger partial charge on any atom is -0.465 e. The second kappa shape index (κ2) is 11.3. The third kappa shape index (κ3) is 7.06. The van der Waals surface area contributed by atoms with Gasteiger partial charge in [-0.25, -0.2) is 5.43 Å². The number of likely N-dealkylation sites (tertiary alicyclic amines) is 1. The van der Waals surface area contributed by atoms with Crippen molar-refractivity contribution in [3.05, 3.63) is 28.8 Å². The molecule has 2 atom stereocenters. The van der Waals surface area contributed by atoms with Crippen molar-refractivity contribution in [1.82, 2.24) is 21.1 Å². The van der Waals surface area contributed by atoms with Crippen LogP contribution in [0.4, 0.5) is 5.69 Å². The molecular formula is C22H32ClN5O5. The van der Waals surface area contributed by atoms with Crippen LogP contribution in [0.25, 0.3) is 0 Å². The molecule has 1 saturated heterocycles. The number of hydrazine groups is 1. The van der Waals surface area contributed by atoms with Gasteiger partial charge in [0, 0.05) is 12.1 Å². The maximum Gasteiger partial charge on any atom is 0.321 e. The van der Waals surface area contributed by atoms with E-state index in [2.05, 4.69) is 16.2 Å². The van der Waals surface area contributed by atoms with E-state index in [-0.39, 0.29) is 29.6 Å². The van der Waals surface area contributed by atoms with Gasteiger partial charge in [0.1, 0.15) is 18.6 Å². The second-order valence-electron chi connectivity index (χ2n) is 8.85. The number of amides is 3. The van der Waals surface area contributed by atoms with Gasteiger partial charge in [-0.05, 0) is 43.4 Å². The molecule has 33 heavy (non-hydrogen) atoms. The summed E-state index contributed by atoms with van der Waals surface area (Å²) in [4.78, 5) is 51.8. The molecule has 182 valence electrons. The number of ether oxygens (including phenoxy) is 1. The van der Waals surface area contributed by atoms with Gasteiger partial charge in [0.15, 0.2) is 0 Å². The van der Waals surface area contributed by atoms with Gasteiger partial charge in [-0.15, -0.1) is 0 Å². The van der Waals surface area contributed by atoms with Crippen molar-refractivity contribution in [3.63, 3.8) is 0 Å². The first-order valence-corrected chi connectivity index (χ1v) is 11.2. The Hall–Kier alpha value is -2.85. The van der Waals surface area contributed by atoms with Gasteiger partial charge >= 0.3 is 5.97 Å². The normalized spacial score (nSPS) is 16.8. The van der Waals surface area contributed by atoms with E-state index in [0.29, 0.717) is 25.1 Å². The quantitative estimate of drug-likeness (QED) is 0.248. The van der Waals surface area contributed by atoms with Crippen molar-refractivity contribution in [3.8, 4) is 0 Å². The molecule has 0 aromatic heterocycles. The molecule has 1 aliphatic rings. The van der Waals surface area contributed by atoms with Crippen molar-refractivity contribution in [1.29, 1.82) is 0 Å². The van der Waals surface area contributed by atoms with Crippen molar-refractivity contribution in [2.75, 3.05) is 25.4 Å². The lowest BCUT2D eigenvalue weighted by Crippen LogP contribution is -2.58. The number of hydrogen-bond donors (Lipinski definition) is 4. The summed E-state index contributed by atoms with van der Waals surface area (Å²) >= 11 is 6.02. The van der Waals surface area contributed by atoms with Crippen LogP contribution in [0.5, 0.6) is 0 Å². The van der Waals surface area contributed by atoms with E-state index in [9.17, 15) is 19.2 Å². The van der Waals surface area contributed by atoms with E-state index in [4.69, 9.17) is 22.1 Å². The molecular weight excluding hydrogens is 450 g/mol. The molecule has 1 aromatic rings. The van der Waals surface area contributed by atoms with Crippen molar-refractivity contribution < 1.29 is 23.9 Å². The fourth-order valence-electron chi connectivity index (χ4n) is 3.50. The van der Waals surface area contributed by atoms with Crippen LogP contribution in [0.2, 0.25) is 5.02 Å². The third-order valence-corrected chi connectivity index (χ3v) is 5.57. The van der Waals surface area contributed by atoms with Gasteiger partial charge in [-0.3, -0.25) is 24.6 Å². The number of carbonyl (C=O) groups excluding carboxylic acids is 4. The van der Waals surface area contributed by atoms with Gasteiger partial charge in [-0.1, -0.05) is 32.4 Å². The summed E-state index contributed by atoms with van der Waals surface area (Å²) in [6, 6.07) is 2.89. The number of nitrogens with two attached hydrogens (primary N) is 1. The van der Waals surface area contributed by atoms with E-state index in [1.807, 2.05) is 20.8 Å². The number of nitrogens with one attached hydrogen (secondary N) is 3. The third-order valence-electron chi connectivity index (χ3n) is 5.24. The van der Waals surface area contributed by atoms with Crippen molar-refractivity contribution in [2.24, 2.45) is 5.41 Å².